The summed E-state index contributed by atoms with van der Waals surface area (Å²) in [5.41, 5.74) is 1.58. The van der Waals surface area contributed by atoms with E-state index in [1.165, 1.54) is 10.0 Å². The molecule has 0 radical (unpaired) electrons. The van der Waals surface area contributed by atoms with Crippen LogP contribution in [0.15, 0.2) is 28.7 Å². The number of halogens is 1. The van der Waals surface area contributed by atoms with Crippen LogP contribution in [0.4, 0.5) is 0 Å². The van der Waals surface area contributed by atoms with Crippen molar-refractivity contribution in [2.75, 3.05) is 13.1 Å². The standard InChI is InChI=1S/C16H25BrN2/c1-12(2)15-9-18-16(3,4)11-19(15)10-13-7-5-6-8-14(13)17/h5-8,12,15,18H,9-11H2,1-4H3. The normalized spacial score (nSPS) is 23.8. The summed E-state index contributed by atoms with van der Waals surface area (Å²) >= 11 is 3.67. The highest BCUT2D eigenvalue weighted by Crippen LogP contribution is 2.25. The van der Waals surface area contributed by atoms with Gasteiger partial charge in [0, 0.05) is 35.7 Å². The maximum absolute atomic E-state index is 3.67. The lowest BCUT2D eigenvalue weighted by atomic mass is 9.92. The van der Waals surface area contributed by atoms with Gasteiger partial charge in [0.15, 0.2) is 0 Å². The SMILES string of the molecule is CC(C)C1CNC(C)(C)CN1Cc1ccccc1Br. The molecule has 1 unspecified atom stereocenters. The average molecular weight is 325 g/mol. The van der Waals surface area contributed by atoms with Crippen molar-refractivity contribution in [1.29, 1.82) is 0 Å². The second kappa shape index (κ2) is 5.94. The van der Waals surface area contributed by atoms with Crippen molar-refractivity contribution in [3.05, 3.63) is 34.3 Å². The summed E-state index contributed by atoms with van der Waals surface area (Å²) in [5.74, 6) is 0.672. The van der Waals surface area contributed by atoms with Crippen LogP contribution in [0.3, 0.4) is 0 Å². The zero-order valence-corrected chi connectivity index (χ0v) is 14.0. The van der Waals surface area contributed by atoms with E-state index in [4.69, 9.17) is 0 Å². The molecule has 1 aliphatic heterocycles. The number of nitrogens with zero attached hydrogens (tertiary/aromatic N) is 1. The van der Waals surface area contributed by atoms with Gasteiger partial charge in [0.1, 0.15) is 0 Å². The first-order chi connectivity index (χ1) is 8.89. The molecule has 1 N–H and O–H groups in total. The average Bonchev–Trinajstić information content (AvgIpc) is 2.30. The van der Waals surface area contributed by atoms with Gasteiger partial charge in [-0.15, -0.1) is 0 Å². The highest BCUT2D eigenvalue weighted by Gasteiger charge is 2.33. The Kier molecular flexibility index (Phi) is 4.70. The van der Waals surface area contributed by atoms with E-state index in [9.17, 15) is 0 Å². The first kappa shape index (κ1) is 15.0. The van der Waals surface area contributed by atoms with E-state index in [-0.39, 0.29) is 5.54 Å². The third kappa shape index (κ3) is 3.80. The van der Waals surface area contributed by atoms with Crippen LogP contribution < -0.4 is 5.32 Å². The Bertz CT molecular complexity index is 429. The van der Waals surface area contributed by atoms with E-state index in [0.29, 0.717) is 12.0 Å². The minimum Gasteiger partial charge on any atom is -0.309 e. The van der Waals surface area contributed by atoms with Gasteiger partial charge in [-0.2, -0.15) is 0 Å². The summed E-state index contributed by atoms with van der Waals surface area (Å²) < 4.78 is 1.22. The molecule has 19 heavy (non-hydrogen) atoms. The molecule has 0 spiro atoms. The van der Waals surface area contributed by atoms with Crippen molar-refractivity contribution in [2.24, 2.45) is 5.92 Å². The van der Waals surface area contributed by atoms with Crippen molar-refractivity contribution in [2.45, 2.75) is 45.8 Å². The van der Waals surface area contributed by atoms with Crippen LogP contribution >= 0.6 is 15.9 Å². The fourth-order valence-corrected chi connectivity index (χ4v) is 3.28. The van der Waals surface area contributed by atoms with Crippen LogP contribution in [0.1, 0.15) is 33.3 Å². The molecular formula is C16H25BrN2. The summed E-state index contributed by atoms with van der Waals surface area (Å²) in [7, 11) is 0. The van der Waals surface area contributed by atoms with Crippen molar-refractivity contribution >= 4 is 15.9 Å². The Hall–Kier alpha value is -0.380. The zero-order valence-electron chi connectivity index (χ0n) is 12.4. The number of rotatable bonds is 3. The second-order valence-corrected chi connectivity index (χ2v) is 7.43. The molecule has 1 aliphatic rings. The van der Waals surface area contributed by atoms with Crippen molar-refractivity contribution in [3.63, 3.8) is 0 Å². The molecular weight excluding hydrogens is 300 g/mol. The van der Waals surface area contributed by atoms with E-state index < -0.39 is 0 Å². The van der Waals surface area contributed by atoms with Crippen LogP contribution in [0.5, 0.6) is 0 Å². The van der Waals surface area contributed by atoms with Crippen molar-refractivity contribution in [1.82, 2.24) is 10.2 Å². The first-order valence-electron chi connectivity index (χ1n) is 7.11. The molecule has 1 atom stereocenters. The zero-order chi connectivity index (χ0) is 14.0. The molecule has 0 aromatic heterocycles. The topological polar surface area (TPSA) is 15.3 Å². The van der Waals surface area contributed by atoms with E-state index in [0.717, 1.165) is 19.6 Å². The largest absolute Gasteiger partial charge is 0.309 e. The van der Waals surface area contributed by atoms with Gasteiger partial charge >= 0.3 is 0 Å². The Morgan fingerprint density at radius 2 is 2.05 bits per heavy atom. The molecule has 0 bridgehead atoms. The van der Waals surface area contributed by atoms with Crippen LogP contribution in [0, 0.1) is 5.92 Å². The lowest BCUT2D eigenvalue weighted by Crippen LogP contribution is -2.62. The number of piperazine rings is 1. The van der Waals surface area contributed by atoms with Gasteiger partial charge in [0.05, 0.1) is 0 Å². The van der Waals surface area contributed by atoms with E-state index >= 15 is 0 Å². The number of nitrogens with one attached hydrogen (secondary N) is 1. The van der Waals surface area contributed by atoms with Gasteiger partial charge in [0.25, 0.3) is 0 Å². The molecule has 0 aliphatic carbocycles. The summed E-state index contributed by atoms with van der Waals surface area (Å²) in [6.07, 6.45) is 0. The van der Waals surface area contributed by atoms with Crippen LogP contribution in [0.25, 0.3) is 0 Å². The fraction of sp³-hybridized carbons (Fsp3) is 0.625. The van der Waals surface area contributed by atoms with Gasteiger partial charge in [-0.1, -0.05) is 48.0 Å². The Morgan fingerprint density at radius 3 is 2.68 bits per heavy atom. The third-order valence-corrected chi connectivity index (χ3v) is 4.73. The molecule has 1 heterocycles. The van der Waals surface area contributed by atoms with Gasteiger partial charge in [0.2, 0.25) is 0 Å². The molecule has 3 heteroatoms. The highest BCUT2D eigenvalue weighted by atomic mass is 79.9. The predicted molar refractivity (Wildman–Crippen MR) is 85.3 cm³/mol. The minimum absolute atomic E-state index is 0.201. The van der Waals surface area contributed by atoms with Crippen molar-refractivity contribution in [3.8, 4) is 0 Å². The molecule has 2 nitrogen and oxygen atoms in total. The van der Waals surface area contributed by atoms with Crippen LogP contribution in [0.2, 0.25) is 0 Å². The lowest BCUT2D eigenvalue weighted by molar-refractivity contribution is 0.0626. The summed E-state index contributed by atoms with van der Waals surface area (Å²) in [4.78, 5) is 2.63. The number of hydrogen-bond donors (Lipinski definition) is 1. The maximum atomic E-state index is 3.67. The van der Waals surface area contributed by atoms with Crippen LogP contribution in [-0.4, -0.2) is 29.6 Å². The number of benzene rings is 1. The van der Waals surface area contributed by atoms with E-state index in [1.54, 1.807) is 0 Å². The highest BCUT2D eigenvalue weighted by molar-refractivity contribution is 9.10. The van der Waals surface area contributed by atoms with E-state index in [1.807, 2.05) is 0 Å². The molecule has 1 saturated heterocycles. The third-order valence-electron chi connectivity index (χ3n) is 3.96. The summed E-state index contributed by atoms with van der Waals surface area (Å²) in [5, 5.41) is 3.67. The molecule has 0 amide bonds. The smallest absolute Gasteiger partial charge is 0.0253 e. The summed E-state index contributed by atoms with van der Waals surface area (Å²) in [6.45, 7) is 12.4. The molecule has 2 rings (SSSR count). The van der Waals surface area contributed by atoms with E-state index in [2.05, 4.69) is 78.1 Å². The Balaban J connectivity index is 2.16. The second-order valence-electron chi connectivity index (χ2n) is 6.57. The first-order valence-corrected chi connectivity index (χ1v) is 7.91. The molecule has 0 saturated carbocycles. The summed E-state index contributed by atoms with van der Waals surface area (Å²) in [6, 6.07) is 9.16. The molecule has 106 valence electrons. The van der Waals surface area contributed by atoms with Gasteiger partial charge in [-0.05, 0) is 31.4 Å². The molecule has 1 aromatic rings. The van der Waals surface area contributed by atoms with Crippen LogP contribution in [-0.2, 0) is 6.54 Å². The predicted octanol–water partition coefficient (Wildman–Crippen LogP) is 3.66. The number of hydrogen-bond acceptors (Lipinski definition) is 2. The molecule has 1 fully saturated rings. The maximum Gasteiger partial charge on any atom is 0.0253 e. The lowest BCUT2D eigenvalue weighted by Gasteiger charge is -2.46. The minimum atomic E-state index is 0.201. The quantitative estimate of drug-likeness (QED) is 0.912. The Morgan fingerprint density at radius 1 is 1.37 bits per heavy atom. The van der Waals surface area contributed by atoms with Gasteiger partial charge in [-0.3, -0.25) is 4.90 Å². The van der Waals surface area contributed by atoms with Gasteiger partial charge in [-0.25, -0.2) is 0 Å². The van der Waals surface area contributed by atoms with Gasteiger partial charge < -0.3 is 5.32 Å². The van der Waals surface area contributed by atoms with Crippen molar-refractivity contribution < 1.29 is 0 Å². The Labute approximate surface area is 125 Å². The monoisotopic (exact) mass is 324 g/mol. The molecule has 1 aromatic carbocycles. The fourth-order valence-electron chi connectivity index (χ4n) is 2.87.